The van der Waals surface area contributed by atoms with E-state index in [1.807, 2.05) is 6.33 Å². The molecule has 112 valence electrons. The number of hydrogen-bond donors (Lipinski definition) is 1. The Kier molecular flexibility index (Phi) is 5.06. The molecule has 1 atom stereocenters. The fourth-order valence-electron chi connectivity index (χ4n) is 3.25. The first-order chi connectivity index (χ1) is 9.93. The van der Waals surface area contributed by atoms with Crippen LogP contribution in [-0.4, -0.2) is 60.4 Å². The predicted octanol–water partition coefficient (Wildman–Crippen LogP) is 1.07. The van der Waals surface area contributed by atoms with Gasteiger partial charge in [-0.05, 0) is 25.8 Å². The number of rotatable bonds is 5. The number of nitrogens with zero attached hydrogens (tertiary/aromatic N) is 3. The number of aryl methyl sites for hydroxylation is 1. The molecule has 5 nitrogen and oxygen atoms in total. The Labute approximate surface area is 121 Å². The molecule has 3 rings (SSSR count). The molecular weight excluding hydrogens is 252 g/mol. The van der Waals surface area contributed by atoms with Crippen molar-refractivity contribution in [1.29, 1.82) is 0 Å². The third kappa shape index (κ3) is 3.59. The Hall–Kier alpha value is -0.910. The highest BCUT2D eigenvalue weighted by atomic mass is 16.5. The quantitative estimate of drug-likeness (QED) is 0.875. The van der Waals surface area contributed by atoms with Crippen LogP contribution in [0.3, 0.4) is 0 Å². The first-order valence-electron chi connectivity index (χ1n) is 7.94. The summed E-state index contributed by atoms with van der Waals surface area (Å²) in [5, 5.41) is 3.49. The maximum absolute atomic E-state index is 5.39. The number of piperidine rings is 1. The summed E-state index contributed by atoms with van der Waals surface area (Å²) in [7, 11) is 0. The minimum Gasteiger partial charge on any atom is -0.379 e. The van der Waals surface area contributed by atoms with Gasteiger partial charge in [0.2, 0.25) is 0 Å². The van der Waals surface area contributed by atoms with Crippen molar-refractivity contribution in [3.05, 3.63) is 18.2 Å². The number of morpholine rings is 1. The van der Waals surface area contributed by atoms with Crippen LogP contribution in [0.1, 0.15) is 30.9 Å². The van der Waals surface area contributed by atoms with Crippen molar-refractivity contribution < 1.29 is 4.74 Å². The molecule has 5 heteroatoms. The number of imidazole rings is 1. The zero-order valence-corrected chi connectivity index (χ0v) is 12.3. The summed E-state index contributed by atoms with van der Waals surface area (Å²) < 4.78 is 7.75. The topological polar surface area (TPSA) is 42.3 Å². The number of ether oxygens (including phenoxy) is 1. The number of nitrogens with one attached hydrogen (secondary N) is 1. The molecule has 20 heavy (non-hydrogen) atoms. The van der Waals surface area contributed by atoms with Crippen molar-refractivity contribution in [2.24, 2.45) is 0 Å². The summed E-state index contributed by atoms with van der Waals surface area (Å²) in [5.41, 5.74) is 1.42. The fourth-order valence-corrected chi connectivity index (χ4v) is 3.25. The summed E-state index contributed by atoms with van der Waals surface area (Å²) >= 11 is 0. The van der Waals surface area contributed by atoms with Crippen LogP contribution in [0.15, 0.2) is 12.5 Å². The van der Waals surface area contributed by atoms with Crippen molar-refractivity contribution in [3.8, 4) is 0 Å². The van der Waals surface area contributed by atoms with Gasteiger partial charge in [-0.3, -0.25) is 4.90 Å². The molecule has 1 aromatic rings. The monoisotopic (exact) mass is 278 g/mol. The van der Waals surface area contributed by atoms with Gasteiger partial charge in [-0.1, -0.05) is 0 Å². The summed E-state index contributed by atoms with van der Waals surface area (Å²) in [6, 6.07) is 0. The molecule has 0 aromatic carbocycles. The third-order valence-electron chi connectivity index (χ3n) is 4.44. The highest BCUT2D eigenvalue weighted by molar-refractivity contribution is 5.08. The second kappa shape index (κ2) is 7.20. The maximum Gasteiger partial charge on any atom is 0.0948 e. The molecule has 0 bridgehead atoms. The fraction of sp³-hybridized carbons (Fsp3) is 0.800. The van der Waals surface area contributed by atoms with Crippen LogP contribution in [0.4, 0.5) is 0 Å². The van der Waals surface area contributed by atoms with Crippen LogP contribution in [0.2, 0.25) is 0 Å². The Morgan fingerprint density at radius 1 is 1.30 bits per heavy atom. The Bertz CT molecular complexity index is 394. The largest absolute Gasteiger partial charge is 0.379 e. The van der Waals surface area contributed by atoms with E-state index in [4.69, 9.17) is 4.74 Å². The van der Waals surface area contributed by atoms with Crippen molar-refractivity contribution in [1.82, 2.24) is 19.8 Å². The molecule has 1 unspecified atom stereocenters. The van der Waals surface area contributed by atoms with Crippen molar-refractivity contribution in [3.63, 3.8) is 0 Å². The van der Waals surface area contributed by atoms with Crippen molar-refractivity contribution in [2.75, 3.05) is 45.9 Å². The highest BCUT2D eigenvalue weighted by Crippen LogP contribution is 2.22. The molecular formula is C15H26N4O. The summed E-state index contributed by atoms with van der Waals surface area (Å²) in [5.74, 6) is 0.648. The van der Waals surface area contributed by atoms with E-state index in [0.29, 0.717) is 5.92 Å². The first kappa shape index (κ1) is 14.0. The summed E-state index contributed by atoms with van der Waals surface area (Å²) in [6.45, 7) is 8.49. The smallest absolute Gasteiger partial charge is 0.0948 e. The van der Waals surface area contributed by atoms with Crippen LogP contribution in [0.25, 0.3) is 0 Å². The molecule has 2 saturated heterocycles. The van der Waals surface area contributed by atoms with Gasteiger partial charge in [-0.25, -0.2) is 4.98 Å². The lowest BCUT2D eigenvalue weighted by Gasteiger charge is -2.27. The molecule has 1 aromatic heterocycles. The molecule has 2 fully saturated rings. The summed E-state index contributed by atoms with van der Waals surface area (Å²) in [6.07, 6.45) is 7.84. The van der Waals surface area contributed by atoms with E-state index < -0.39 is 0 Å². The minimum atomic E-state index is 0.648. The van der Waals surface area contributed by atoms with Gasteiger partial charge in [0, 0.05) is 50.5 Å². The van der Waals surface area contributed by atoms with Crippen LogP contribution in [-0.2, 0) is 11.3 Å². The van der Waals surface area contributed by atoms with E-state index in [0.717, 1.165) is 39.4 Å². The molecule has 3 heterocycles. The van der Waals surface area contributed by atoms with Gasteiger partial charge in [0.05, 0.1) is 19.5 Å². The van der Waals surface area contributed by atoms with Crippen molar-refractivity contribution in [2.45, 2.75) is 31.7 Å². The standard InChI is InChI=1S/C15H26N4O/c1-3-14(11-16-4-1)15-12-17-13-19(15)6-2-5-18-7-9-20-10-8-18/h12-14,16H,1-11H2. The van der Waals surface area contributed by atoms with Gasteiger partial charge in [0.1, 0.15) is 0 Å². The number of aromatic nitrogens is 2. The molecule has 2 aliphatic rings. The molecule has 0 radical (unpaired) electrons. The Balaban J connectivity index is 1.48. The van der Waals surface area contributed by atoms with Gasteiger partial charge in [-0.15, -0.1) is 0 Å². The zero-order chi connectivity index (χ0) is 13.6. The van der Waals surface area contributed by atoms with E-state index in [2.05, 4.69) is 26.0 Å². The third-order valence-corrected chi connectivity index (χ3v) is 4.44. The summed E-state index contributed by atoms with van der Waals surface area (Å²) in [4.78, 5) is 6.87. The first-order valence-corrected chi connectivity index (χ1v) is 7.94. The van der Waals surface area contributed by atoms with Gasteiger partial charge in [-0.2, -0.15) is 0 Å². The maximum atomic E-state index is 5.39. The van der Waals surface area contributed by atoms with E-state index in [-0.39, 0.29) is 0 Å². The van der Waals surface area contributed by atoms with Gasteiger partial charge < -0.3 is 14.6 Å². The minimum absolute atomic E-state index is 0.648. The predicted molar refractivity (Wildman–Crippen MR) is 78.9 cm³/mol. The average Bonchev–Trinajstić information content (AvgIpc) is 2.98. The van der Waals surface area contributed by atoms with Crippen LogP contribution < -0.4 is 5.32 Å². The SMILES string of the molecule is c1ncn(CCCN2CCOCC2)c1C1CCCNC1. The Morgan fingerprint density at radius 3 is 3.00 bits per heavy atom. The zero-order valence-electron chi connectivity index (χ0n) is 12.3. The highest BCUT2D eigenvalue weighted by Gasteiger charge is 2.18. The van der Waals surface area contributed by atoms with E-state index >= 15 is 0 Å². The lowest BCUT2D eigenvalue weighted by Crippen LogP contribution is -2.37. The van der Waals surface area contributed by atoms with Crippen LogP contribution >= 0.6 is 0 Å². The van der Waals surface area contributed by atoms with Crippen molar-refractivity contribution >= 4 is 0 Å². The van der Waals surface area contributed by atoms with Gasteiger partial charge in [0.15, 0.2) is 0 Å². The normalized spacial score (nSPS) is 24.9. The Morgan fingerprint density at radius 2 is 2.20 bits per heavy atom. The lowest BCUT2D eigenvalue weighted by atomic mass is 9.96. The molecule has 0 saturated carbocycles. The molecule has 0 aliphatic carbocycles. The average molecular weight is 278 g/mol. The van der Waals surface area contributed by atoms with E-state index in [1.54, 1.807) is 0 Å². The van der Waals surface area contributed by atoms with Gasteiger partial charge >= 0.3 is 0 Å². The molecule has 0 spiro atoms. The second-order valence-electron chi connectivity index (χ2n) is 5.86. The second-order valence-corrected chi connectivity index (χ2v) is 5.86. The van der Waals surface area contributed by atoms with Crippen LogP contribution in [0, 0.1) is 0 Å². The van der Waals surface area contributed by atoms with E-state index in [9.17, 15) is 0 Å². The lowest BCUT2D eigenvalue weighted by molar-refractivity contribution is 0.0369. The molecule has 2 aliphatic heterocycles. The molecule has 1 N–H and O–H groups in total. The molecule has 0 amide bonds. The van der Waals surface area contributed by atoms with Crippen LogP contribution in [0.5, 0.6) is 0 Å². The van der Waals surface area contributed by atoms with E-state index in [1.165, 1.54) is 38.0 Å². The number of hydrogen-bond acceptors (Lipinski definition) is 4. The van der Waals surface area contributed by atoms with Gasteiger partial charge in [0.25, 0.3) is 0 Å².